The third-order valence-corrected chi connectivity index (χ3v) is 4.07. The molecule has 2 rings (SSSR count). The molecule has 1 aromatic rings. The summed E-state index contributed by atoms with van der Waals surface area (Å²) in [6.07, 6.45) is 2.09. The number of carboxylic acids is 1. The van der Waals surface area contributed by atoms with E-state index in [1.165, 1.54) is 0 Å². The Bertz CT molecular complexity index is 512. The molecule has 1 aliphatic rings. The largest absolute Gasteiger partial charge is 0.481 e. The highest BCUT2D eigenvalue weighted by atomic mass is 16.4. The Morgan fingerprint density at radius 1 is 1.30 bits per heavy atom. The topological polar surface area (TPSA) is 66.4 Å². The summed E-state index contributed by atoms with van der Waals surface area (Å²) in [6, 6.07) is 7.88. The van der Waals surface area contributed by atoms with Gasteiger partial charge in [0.1, 0.15) is 0 Å². The maximum Gasteiger partial charge on any atom is 0.307 e. The molecule has 20 heavy (non-hydrogen) atoms. The Balaban J connectivity index is 2.02. The van der Waals surface area contributed by atoms with Crippen molar-refractivity contribution in [2.24, 2.45) is 11.8 Å². The fraction of sp³-hybridized carbons (Fsp3) is 0.500. The van der Waals surface area contributed by atoms with Crippen LogP contribution in [0, 0.1) is 18.8 Å². The summed E-state index contributed by atoms with van der Waals surface area (Å²) in [7, 11) is 0. The van der Waals surface area contributed by atoms with Gasteiger partial charge in [-0.2, -0.15) is 0 Å². The van der Waals surface area contributed by atoms with E-state index in [0.717, 1.165) is 17.5 Å². The van der Waals surface area contributed by atoms with Crippen LogP contribution in [0.25, 0.3) is 0 Å². The smallest absolute Gasteiger partial charge is 0.307 e. The monoisotopic (exact) mass is 275 g/mol. The van der Waals surface area contributed by atoms with Gasteiger partial charge in [-0.05, 0) is 32.3 Å². The summed E-state index contributed by atoms with van der Waals surface area (Å²) in [6.45, 7) is 3.94. The van der Waals surface area contributed by atoms with Gasteiger partial charge in [0.05, 0.1) is 17.9 Å². The highest BCUT2D eigenvalue weighted by molar-refractivity contribution is 5.85. The van der Waals surface area contributed by atoms with Gasteiger partial charge >= 0.3 is 5.97 Å². The van der Waals surface area contributed by atoms with E-state index in [-0.39, 0.29) is 17.9 Å². The molecule has 1 amide bonds. The highest BCUT2D eigenvalue weighted by Gasteiger charge is 2.38. The van der Waals surface area contributed by atoms with Crippen molar-refractivity contribution in [3.05, 3.63) is 35.4 Å². The van der Waals surface area contributed by atoms with Crippen LogP contribution in [0.1, 0.15) is 43.4 Å². The molecule has 1 aromatic carbocycles. The van der Waals surface area contributed by atoms with Crippen LogP contribution in [-0.4, -0.2) is 17.0 Å². The number of carboxylic acid groups (broad SMARTS) is 1. The van der Waals surface area contributed by atoms with E-state index in [0.29, 0.717) is 12.8 Å². The molecule has 4 nitrogen and oxygen atoms in total. The van der Waals surface area contributed by atoms with Crippen LogP contribution in [0.2, 0.25) is 0 Å². The number of hydrogen-bond acceptors (Lipinski definition) is 2. The van der Waals surface area contributed by atoms with Crippen molar-refractivity contribution < 1.29 is 14.7 Å². The van der Waals surface area contributed by atoms with Crippen molar-refractivity contribution in [1.82, 2.24) is 5.32 Å². The summed E-state index contributed by atoms with van der Waals surface area (Å²) < 4.78 is 0. The summed E-state index contributed by atoms with van der Waals surface area (Å²) in [5.74, 6) is -1.91. The van der Waals surface area contributed by atoms with Crippen molar-refractivity contribution in [3.63, 3.8) is 0 Å². The third kappa shape index (κ3) is 3.18. The van der Waals surface area contributed by atoms with Gasteiger partial charge in [-0.15, -0.1) is 0 Å². The molecule has 1 fully saturated rings. The SMILES string of the molecule is Cc1cccc([C@@H](C)NC(=O)C2CCCC2C(=O)O)c1. The number of carbonyl (C=O) groups is 2. The van der Waals surface area contributed by atoms with Crippen LogP contribution in [0.15, 0.2) is 24.3 Å². The van der Waals surface area contributed by atoms with Gasteiger partial charge in [-0.1, -0.05) is 36.2 Å². The maximum atomic E-state index is 12.3. The molecule has 4 heteroatoms. The van der Waals surface area contributed by atoms with E-state index < -0.39 is 11.9 Å². The summed E-state index contributed by atoms with van der Waals surface area (Å²) in [4.78, 5) is 23.4. The molecule has 0 bridgehead atoms. The highest BCUT2D eigenvalue weighted by Crippen LogP contribution is 2.32. The molecular formula is C16H21NO3. The first-order chi connectivity index (χ1) is 9.49. The van der Waals surface area contributed by atoms with Gasteiger partial charge in [0, 0.05) is 0 Å². The molecule has 0 heterocycles. The number of nitrogens with one attached hydrogen (secondary N) is 1. The van der Waals surface area contributed by atoms with Crippen molar-refractivity contribution in [3.8, 4) is 0 Å². The zero-order valence-corrected chi connectivity index (χ0v) is 11.9. The summed E-state index contributed by atoms with van der Waals surface area (Å²) in [5, 5.41) is 12.1. The molecular weight excluding hydrogens is 254 g/mol. The average molecular weight is 275 g/mol. The van der Waals surface area contributed by atoms with Crippen molar-refractivity contribution in [2.45, 2.75) is 39.2 Å². The molecule has 0 saturated heterocycles. The number of hydrogen-bond donors (Lipinski definition) is 2. The average Bonchev–Trinajstić information content (AvgIpc) is 2.88. The molecule has 0 spiro atoms. The predicted molar refractivity (Wildman–Crippen MR) is 76.2 cm³/mol. The molecule has 108 valence electrons. The quantitative estimate of drug-likeness (QED) is 0.887. The van der Waals surface area contributed by atoms with Gasteiger partial charge in [0.25, 0.3) is 0 Å². The molecule has 2 unspecified atom stereocenters. The van der Waals surface area contributed by atoms with Crippen LogP contribution in [-0.2, 0) is 9.59 Å². The van der Waals surface area contributed by atoms with E-state index in [2.05, 4.69) is 5.32 Å². The van der Waals surface area contributed by atoms with Gasteiger partial charge in [-0.25, -0.2) is 0 Å². The number of aryl methyl sites for hydroxylation is 1. The molecule has 0 radical (unpaired) electrons. The van der Waals surface area contributed by atoms with Crippen LogP contribution >= 0.6 is 0 Å². The van der Waals surface area contributed by atoms with E-state index in [4.69, 9.17) is 5.11 Å². The lowest BCUT2D eigenvalue weighted by molar-refractivity contribution is -0.146. The van der Waals surface area contributed by atoms with Crippen LogP contribution in [0.5, 0.6) is 0 Å². The third-order valence-electron chi connectivity index (χ3n) is 4.07. The minimum atomic E-state index is -0.856. The number of benzene rings is 1. The molecule has 0 aromatic heterocycles. The second-order valence-corrected chi connectivity index (χ2v) is 5.63. The lowest BCUT2D eigenvalue weighted by Gasteiger charge is -2.20. The normalized spacial score (nSPS) is 23.3. The first-order valence-electron chi connectivity index (χ1n) is 7.09. The van der Waals surface area contributed by atoms with E-state index in [9.17, 15) is 9.59 Å². The van der Waals surface area contributed by atoms with Gasteiger partial charge in [0.2, 0.25) is 5.91 Å². The first kappa shape index (κ1) is 14.6. The lowest BCUT2D eigenvalue weighted by Crippen LogP contribution is -2.36. The number of rotatable bonds is 4. The zero-order chi connectivity index (χ0) is 14.7. The summed E-state index contributed by atoms with van der Waals surface area (Å²) >= 11 is 0. The van der Waals surface area contributed by atoms with E-state index >= 15 is 0 Å². The number of aliphatic carboxylic acids is 1. The lowest BCUT2D eigenvalue weighted by atomic mass is 9.94. The van der Waals surface area contributed by atoms with Crippen molar-refractivity contribution in [1.29, 1.82) is 0 Å². The second kappa shape index (κ2) is 6.07. The van der Waals surface area contributed by atoms with E-state index in [1.54, 1.807) is 0 Å². The maximum absolute atomic E-state index is 12.3. The first-order valence-corrected chi connectivity index (χ1v) is 7.09. The standard InChI is InChI=1S/C16H21NO3/c1-10-5-3-6-12(9-10)11(2)17-15(18)13-7-4-8-14(13)16(19)20/h3,5-6,9,11,13-14H,4,7-8H2,1-2H3,(H,17,18)(H,19,20)/t11-,13?,14?/m1/s1. The predicted octanol–water partition coefficient (Wildman–Crippen LogP) is 2.67. The summed E-state index contributed by atoms with van der Waals surface area (Å²) in [5.41, 5.74) is 2.19. The zero-order valence-electron chi connectivity index (χ0n) is 11.9. The van der Waals surface area contributed by atoms with E-state index in [1.807, 2.05) is 38.1 Å². The van der Waals surface area contributed by atoms with Crippen molar-refractivity contribution in [2.75, 3.05) is 0 Å². The Morgan fingerprint density at radius 3 is 2.65 bits per heavy atom. The molecule has 1 aliphatic carbocycles. The molecule has 2 N–H and O–H groups in total. The van der Waals surface area contributed by atoms with Crippen LogP contribution < -0.4 is 5.32 Å². The Hall–Kier alpha value is -1.84. The van der Waals surface area contributed by atoms with Gasteiger partial charge in [-0.3, -0.25) is 9.59 Å². The van der Waals surface area contributed by atoms with Crippen molar-refractivity contribution >= 4 is 11.9 Å². The minimum Gasteiger partial charge on any atom is -0.481 e. The van der Waals surface area contributed by atoms with Crippen LogP contribution in [0.3, 0.4) is 0 Å². The van der Waals surface area contributed by atoms with Crippen LogP contribution in [0.4, 0.5) is 0 Å². The fourth-order valence-corrected chi connectivity index (χ4v) is 2.91. The molecule has 0 aliphatic heterocycles. The number of amides is 1. The Kier molecular flexibility index (Phi) is 4.42. The minimum absolute atomic E-state index is 0.0996. The second-order valence-electron chi connectivity index (χ2n) is 5.63. The Labute approximate surface area is 119 Å². The molecule has 1 saturated carbocycles. The van der Waals surface area contributed by atoms with Gasteiger partial charge in [0.15, 0.2) is 0 Å². The number of carbonyl (C=O) groups excluding carboxylic acids is 1. The fourth-order valence-electron chi connectivity index (χ4n) is 2.91. The molecule has 3 atom stereocenters. The van der Waals surface area contributed by atoms with Gasteiger partial charge < -0.3 is 10.4 Å². The Morgan fingerprint density at radius 2 is 2.00 bits per heavy atom.